The van der Waals surface area contributed by atoms with Gasteiger partial charge in [0.2, 0.25) is 0 Å². The normalized spacial score (nSPS) is 18.0. The summed E-state index contributed by atoms with van der Waals surface area (Å²) in [5, 5.41) is 9.68. The summed E-state index contributed by atoms with van der Waals surface area (Å²) in [6.45, 7) is 4.08. The van der Waals surface area contributed by atoms with Gasteiger partial charge < -0.3 is 0 Å². The highest BCUT2D eigenvalue weighted by molar-refractivity contribution is 4.68. The van der Waals surface area contributed by atoms with Gasteiger partial charge in [-0.15, -0.1) is 0 Å². The Morgan fingerprint density at radius 3 is 1.91 bits per heavy atom. The molecule has 0 saturated heterocycles. The van der Waals surface area contributed by atoms with Crippen LogP contribution in [0.2, 0.25) is 0 Å². The number of hydrogen-bond donors (Lipinski definition) is 2. The van der Waals surface area contributed by atoms with E-state index in [2.05, 4.69) is 6.92 Å². The fourth-order valence-electron chi connectivity index (χ4n) is 1.27. The first kappa shape index (κ1) is 10.9. The van der Waals surface area contributed by atoms with E-state index in [0.717, 1.165) is 19.3 Å². The zero-order valence-electron chi connectivity index (χ0n) is 8.09. The number of nitrogens with zero attached hydrogens (tertiary/aromatic N) is 1. The molecule has 3 nitrogen and oxygen atoms in total. The molecule has 0 fully saturated rings. The zero-order chi connectivity index (χ0) is 9.12. The van der Waals surface area contributed by atoms with Crippen molar-refractivity contribution in [1.29, 1.82) is 0 Å². The van der Waals surface area contributed by atoms with Crippen LogP contribution in [0.15, 0.2) is 0 Å². The smallest absolute Gasteiger partial charge is 0.179 e. The summed E-state index contributed by atoms with van der Waals surface area (Å²) in [6.07, 6.45) is 2.66. The molecule has 0 aliphatic carbocycles. The molecule has 0 aliphatic heterocycles. The van der Waals surface area contributed by atoms with Gasteiger partial charge in [-0.2, -0.15) is 4.65 Å². The average Bonchev–Trinajstić information content (AvgIpc) is 1.86. The molecular weight excluding hydrogens is 140 g/mol. The van der Waals surface area contributed by atoms with Crippen molar-refractivity contribution >= 4 is 0 Å². The van der Waals surface area contributed by atoms with Crippen LogP contribution >= 0.6 is 0 Å². The Hall–Kier alpha value is -0.120. The van der Waals surface area contributed by atoms with Crippen LogP contribution in [0, 0.1) is 0 Å². The van der Waals surface area contributed by atoms with Gasteiger partial charge in [-0.25, -0.2) is 5.21 Å². The van der Waals surface area contributed by atoms with Crippen molar-refractivity contribution in [3.05, 3.63) is 0 Å². The average molecular weight is 161 g/mol. The summed E-state index contributed by atoms with van der Waals surface area (Å²) in [5.41, 5.74) is 5.53. The predicted octanol–water partition coefficient (Wildman–Crippen LogP) is 1.32. The van der Waals surface area contributed by atoms with Crippen molar-refractivity contribution in [2.75, 3.05) is 14.1 Å². The number of nitrogens with two attached hydrogens (primary N) is 1. The van der Waals surface area contributed by atoms with Crippen LogP contribution in [0.25, 0.3) is 0 Å². The van der Waals surface area contributed by atoms with Crippen LogP contribution in [0.4, 0.5) is 0 Å². The van der Waals surface area contributed by atoms with E-state index >= 15 is 0 Å². The molecule has 0 aliphatic rings. The second kappa shape index (κ2) is 3.52. The second-order valence-corrected chi connectivity index (χ2v) is 3.60. The molecule has 0 spiro atoms. The summed E-state index contributed by atoms with van der Waals surface area (Å²) < 4.78 is -0.142. The monoisotopic (exact) mass is 161 g/mol. The third-order valence-electron chi connectivity index (χ3n) is 2.38. The maximum atomic E-state index is 9.68. The van der Waals surface area contributed by atoms with Crippen molar-refractivity contribution < 1.29 is 9.85 Å². The number of quaternary nitrogens is 1. The Morgan fingerprint density at radius 2 is 1.82 bits per heavy atom. The first-order valence-electron chi connectivity index (χ1n) is 4.23. The Labute approximate surface area is 69.4 Å². The van der Waals surface area contributed by atoms with E-state index in [1.807, 2.05) is 6.92 Å². The van der Waals surface area contributed by atoms with Crippen molar-refractivity contribution in [2.24, 2.45) is 5.73 Å². The second-order valence-electron chi connectivity index (χ2n) is 3.60. The van der Waals surface area contributed by atoms with Crippen LogP contribution in [0.5, 0.6) is 0 Å². The molecule has 0 bridgehead atoms. The lowest BCUT2D eigenvalue weighted by atomic mass is 10.0. The van der Waals surface area contributed by atoms with Crippen molar-refractivity contribution in [3.8, 4) is 0 Å². The number of hydrogen-bond acceptors (Lipinski definition) is 2. The van der Waals surface area contributed by atoms with Crippen LogP contribution in [-0.2, 0) is 0 Å². The molecule has 0 radical (unpaired) electrons. The molecule has 0 aromatic heterocycles. The van der Waals surface area contributed by atoms with E-state index < -0.39 is 5.66 Å². The molecule has 1 unspecified atom stereocenters. The molecule has 0 aromatic carbocycles. The Kier molecular flexibility index (Phi) is 3.48. The van der Waals surface area contributed by atoms with Gasteiger partial charge in [-0.05, 0) is 6.42 Å². The summed E-state index contributed by atoms with van der Waals surface area (Å²) in [7, 11) is 3.44. The molecule has 3 N–H and O–H groups in total. The van der Waals surface area contributed by atoms with Crippen LogP contribution < -0.4 is 5.73 Å². The van der Waals surface area contributed by atoms with Gasteiger partial charge in [0.15, 0.2) is 5.66 Å². The molecule has 0 aromatic rings. The quantitative estimate of drug-likeness (QED) is 0.371. The minimum absolute atomic E-state index is 0.142. The lowest BCUT2D eigenvalue weighted by Gasteiger charge is -2.38. The number of hydroxylamine groups is 3. The highest BCUT2D eigenvalue weighted by Gasteiger charge is 2.38. The van der Waals surface area contributed by atoms with E-state index in [0.29, 0.717) is 0 Å². The van der Waals surface area contributed by atoms with Crippen molar-refractivity contribution in [2.45, 2.75) is 38.8 Å². The Bertz CT molecular complexity index is 120. The van der Waals surface area contributed by atoms with E-state index in [1.165, 1.54) is 0 Å². The maximum absolute atomic E-state index is 9.68. The van der Waals surface area contributed by atoms with Gasteiger partial charge in [0.1, 0.15) is 0 Å². The molecule has 0 saturated carbocycles. The lowest BCUT2D eigenvalue weighted by molar-refractivity contribution is -1.11. The van der Waals surface area contributed by atoms with E-state index in [-0.39, 0.29) is 4.65 Å². The highest BCUT2D eigenvalue weighted by atomic mass is 16.5. The van der Waals surface area contributed by atoms with Gasteiger partial charge in [-0.3, -0.25) is 5.73 Å². The maximum Gasteiger partial charge on any atom is 0.179 e. The van der Waals surface area contributed by atoms with Crippen molar-refractivity contribution in [3.63, 3.8) is 0 Å². The molecule has 11 heavy (non-hydrogen) atoms. The van der Waals surface area contributed by atoms with Gasteiger partial charge in [-0.1, -0.05) is 13.8 Å². The van der Waals surface area contributed by atoms with Crippen LogP contribution in [0.3, 0.4) is 0 Å². The summed E-state index contributed by atoms with van der Waals surface area (Å²) >= 11 is 0. The third-order valence-corrected chi connectivity index (χ3v) is 2.38. The first-order chi connectivity index (χ1) is 4.87. The third kappa shape index (κ3) is 2.43. The first-order valence-corrected chi connectivity index (χ1v) is 4.23. The van der Waals surface area contributed by atoms with E-state index in [4.69, 9.17) is 5.73 Å². The molecule has 1 atom stereocenters. The highest BCUT2D eigenvalue weighted by Crippen LogP contribution is 2.21. The topological polar surface area (TPSA) is 46.2 Å². The molecule has 3 heteroatoms. The van der Waals surface area contributed by atoms with Crippen LogP contribution in [0.1, 0.15) is 33.1 Å². The minimum atomic E-state index is -0.477. The summed E-state index contributed by atoms with van der Waals surface area (Å²) in [5.74, 6) is 0. The van der Waals surface area contributed by atoms with Gasteiger partial charge in [0, 0.05) is 12.8 Å². The zero-order valence-corrected chi connectivity index (χ0v) is 8.09. The minimum Gasteiger partial charge on any atom is -0.277 e. The Morgan fingerprint density at radius 1 is 1.36 bits per heavy atom. The van der Waals surface area contributed by atoms with Crippen molar-refractivity contribution in [1.82, 2.24) is 0 Å². The van der Waals surface area contributed by atoms with Crippen LogP contribution in [-0.4, -0.2) is 29.6 Å². The van der Waals surface area contributed by atoms with Gasteiger partial charge in [0.05, 0.1) is 14.1 Å². The molecule has 0 amide bonds. The SMILES string of the molecule is CCCC(N)(CC)[N+](C)(C)O. The number of rotatable bonds is 4. The standard InChI is InChI=1S/C8H21N2O/c1-5-7-8(9,6-2)10(3,4)11/h11H,5-7,9H2,1-4H3/q+1. The Balaban J connectivity index is 4.33. The summed E-state index contributed by atoms with van der Waals surface area (Å²) in [4.78, 5) is 0. The fourth-order valence-corrected chi connectivity index (χ4v) is 1.27. The fraction of sp³-hybridized carbons (Fsp3) is 1.00. The summed E-state index contributed by atoms with van der Waals surface area (Å²) in [6, 6.07) is 0. The molecule has 68 valence electrons. The lowest BCUT2D eigenvalue weighted by Crippen LogP contribution is -2.63. The van der Waals surface area contributed by atoms with Gasteiger partial charge >= 0.3 is 0 Å². The predicted molar refractivity (Wildman–Crippen MR) is 46.0 cm³/mol. The van der Waals surface area contributed by atoms with E-state index in [1.54, 1.807) is 14.1 Å². The molecule has 0 heterocycles. The molecular formula is C8H21N2O+. The van der Waals surface area contributed by atoms with Gasteiger partial charge in [0.25, 0.3) is 0 Å². The largest absolute Gasteiger partial charge is 0.277 e. The molecule has 0 rings (SSSR count). The van der Waals surface area contributed by atoms with E-state index in [9.17, 15) is 5.21 Å².